The van der Waals surface area contributed by atoms with Gasteiger partial charge in [0.25, 0.3) is 0 Å². The molecule has 1 saturated heterocycles. The number of carbonyl (C=O) groups excluding carboxylic acids is 1. The number of Topliss-reactive ketones (excluding diaryl/α,β-unsaturated/α-hetero) is 1. The van der Waals surface area contributed by atoms with E-state index in [4.69, 9.17) is 4.74 Å². The molecule has 4 heteroatoms. The van der Waals surface area contributed by atoms with E-state index in [1.165, 1.54) is 6.92 Å². The molecule has 4 nitrogen and oxygen atoms in total. The Morgan fingerprint density at radius 1 is 1.47 bits per heavy atom. The summed E-state index contributed by atoms with van der Waals surface area (Å²) >= 11 is 0. The zero-order valence-corrected chi connectivity index (χ0v) is 11.8. The lowest BCUT2D eigenvalue weighted by atomic mass is 10.0. The van der Waals surface area contributed by atoms with Crippen molar-refractivity contribution in [2.45, 2.75) is 32.9 Å². The van der Waals surface area contributed by atoms with Gasteiger partial charge in [-0.25, -0.2) is 0 Å². The van der Waals surface area contributed by atoms with Gasteiger partial charge in [-0.3, -0.25) is 9.69 Å². The molecule has 0 atom stereocenters. The molecule has 0 unspecified atom stereocenters. The summed E-state index contributed by atoms with van der Waals surface area (Å²) in [5.74, 6) is 0.262. The van der Waals surface area contributed by atoms with Gasteiger partial charge in [0.15, 0.2) is 5.78 Å². The van der Waals surface area contributed by atoms with Crippen molar-refractivity contribution in [3.8, 4) is 5.75 Å². The lowest BCUT2D eigenvalue weighted by molar-refractivity contribution is -0.0883. The number of benzene rings is 1. The normalized spacial score (nSPS) is 19.3. The van der Waals surface area contributed by atoms with Gasteiger partial charge in [0.05, 0.1) is 12.2 Å². The van der Waals surface area contributed by atoms with Gasteiger partial charge in [-0.15, -0.1) is 0 Å². The zero-order valence-electron chi connectivity index (χ0n) is 11.8. The number of carbonyl (C=O) groups is 1. The second-order valence-electron chi connectivity index (χ2n) is 5.72. The molecule has 0 bridgehead atoms. The Hall–Kier alpha value is -1.39. The van der Waals surface area contributed by atoms with Crippen LogP contribution in [-0.2, 0) is 11.3 Å². The van der Waals surface area contributed by atoms with Crippen LogP contribution in [0.2, 0.25) is 0 Å². The van der Waals surface area contributed by atoms with E-state index in [0.717, 1.165) is 18.7 Å². The number of hydrogen-bond donors (Lipinski definition) is 1. The van der Waals surface area contributed by atoms with Gasteiger partial charge in [0, 0.05) is 30.8 Å². The SMILES string of the molecule is CC(=O)c1ccc(O)c(CN2CCOC(C)(C)C2)c1. The maximum atomic E-state index is 11.4. The summed E-state index contributed by atoms with van der Waals surface area (Å²) in [7, 11) is 0. The van der Waals surface area contributed by atoms with Crippen molar-refractivity contribution in [3.05, 3.63) is 29.3 Å². The van der Waals surface area contributed by atoms with Crippen molar-refractivity contribution in [2.24, 2.45) is 0 Å². The third-order valence-corrected chi connectivity index (χ3v) is 3.38. The van der Waals surface area contributed by atoms with Gasteiger partial charge < -0.3 is 9.84 Å². The van der Waals surface area contributed by atoms with Crippen molar-refractivity contribution in [3.63, 3.8) is 0 Å². The first-order valence-corrected chi connectivity index (χ1v) is 6.56. The molecular weight excluding hydrogens is 242 g/mol. The van der Waals surface area contributed by atoms with E-state index in [-0.39, 0.29) is 17.1 Å². The highest BCUT2D eigenvalue weighted by atomic mass is 16.5. The minimum absolute atomic E-state index is 0.0172. The lowest BCUT2D eigenvalue weighted by Gasteiger charge is -2.38. The fourth-order valence-corrected chi connectivity index (χ4v) is 2.42. The van der Waals surface area contributed by atoms with Gasteiger partial charge in [-0.2, -0.15) is 0 Å². The minimum Gasteiger partial charge on any atom is -0.508 e. The minimum atomic E-state index is -0.161. The van der Waals surface area contributed by atoms with E-state index in [0.29, 0.717) is 18.7 Å². The number of ketones is 1. The standard InChI is InChI=1S/C15H21NO3/c1-11(17)12-4-5-14(18)13(8-12)9-16-6-7-19-15(2,3)10-16/h4-5,8,18H,6-7,9-10H2,1-3H3. The molecule has 2 rings (SSSR count). The van der Waals surface area contributed by atoms with E-state index in [2.05, 4.69) is 18.7 Å². The van der Waals surface area contributed by atoms with Crippen LogP contribution in [0.25, 0.3) is 0 Å². The van der Waals surface area contributed by atoms with Crippen molar-refractivity contribution in [1.82, 2.24) is 4.90 Å². The van der Waals surface area contributed by atoms with E-state index >= 15 is 0 Å². The Bertz CT molecular complexity index is 482. The first-order valence-electron chi connectivity index (χ1n) is 6.56. The zero-order chi connectivity index (χ0) is 14.0. The molecule has 0 radical (unpaired) electrons. The monoisotopic (exact) mass is 263 g/mol. The van der Waals surface area contributed by atoms with Crippen LogP contribution in [0.15, 0.2) is 18.2 Å². The molecular formula is C15H21NO3. The molecule has 0 amide bonds. The summed E-state index contributed by atoms with van der Waals surface area (Å²) in [6.07, 6.45) is 0. The Morgan fingerprint density at radius 3 is 2.84 bits per heavy atom. The molecule has 1 aliphatic heterocycles. The molecule has 0 spiro atoms. The van der Waals surface area contributed by atoms with Crippen LogP contribution in [0.1, 0.15) is 36.7 Å². The third-order valence-electron chi connectivity index (χ3n) is 3.38. The van der Waals surface area contributed by atoms with Gasteiger partial charge >= 0.3 is 0 Å². The highest BCUT2D eigenvalue weighted by molar-refractivity contribution is 5.94. The number of nitrogens with zero attached hydrogens (tertiary/aromatic N) is 1. The molecule has 0 aromatic heterocycles. The molecule has 0 saturated carbocycles. The first kappa shape index (κ1) is 14.0. The number of hydrogen-bond acceptors (Lipinski definition) is 4. The fourth-order valence-electron chi connectivity index (χ4n) is 2.42. The predicted octanol–water partition coefficient (Wildman–Crippen LogP) is 2.21. The number of phenols is 1. The van der Waals surface area contributed by atoms with Gasteiger partial charge in [-0.05, 0) is 39.0 Å². The number of phenolic OH excluding ortho intramolecular Hbond substituents is 1. The van der Waals surface area contributed by atoms with E-state index in [1.807, 2.05) is 0 Å². The van der Waals surface area contributed by atoms with Crippen molar-refractivity contribution < 1.29 is 14.6 Å². The average Bonchev–Trinajstić information content (AvgIpc) is 2.30. The lowest BCUT2D eigenvalue weighted by Crippen LogP contribution is -2.47. The Kier molecular flexibility index (Phi) is 3.92. The van der Waals surface area contributed by atoms with Gasteiger partial charge in [-0.1, -0.05) is 0 Å². The molecule has 1 fully saturated rings. The highest BCUT2D eigenvalue weighted by Gasteiger charge is 2.27. The van der Waals surface area contributed by atoms with Crippen molar-refractivity contribution in [2.75, 3.05) is 19.7 Å². The van der Waals surface area contributed by atoms with Crippen LogP contribution < -0.4 is 0 Å². The molecule has 1 aromatic carbocycles. The van der Waals surface area contributed by atoms with Crippen LogP contribution in [0.3, 0.4) is 0 Å². The molecule has 1 aromatic rings. The van der Waals surface area contributed by atoms with Crippen LogP contribution in [0, 0.1) is 0 Å². The Morgan fingerprint density at radius 2 is 2.21 bits per heavy atom. The van der Waals surface area contributed by atoms with Gasteiger partial charge in [0.2, 0.25) is 0 Å². The van der Waals surface area contributed by atoms with Crippen LogP contribution in [0.5, 0.6) is 5.75 Å². The smallest absolute Gasteiger partial charge is 0.159 e. The van der Waals surface area contributed by atoms with E-state index < -0.39 is 0 Å². The summed E-state index contributed by atoms with van der Waals surface area (Å²) in [6.45, 7) is 8.65. The number of morpholine rings is 1. The van der Waals surface area contributed by atoms with Crippen LogP contribution >= 0.6 is 0 Å². The summed E-state index contributed by atoms with van der Waals surface area (Å²) in [6, 6.07) is 5.03. The summed E-state index contributed by atoms with van der Waals surface area (Å²) < 4.78 is 5.67. The molecule has 19 heavy (non-hydrogen) atoms. The van der Waals surface area contributed by atoms with Crippen molar-refractivity contribution >= 4 is 5.78 Å². The number of ether oxygens (including phenoxy) is 1. The van der Waals surface area contributed by atoms with Crippen LogP contribution in [-0.4, -0.2) is 41.1 Å². The predicted molar refractivity (Wildman–Crippen MR) is 73.4 cm³/mol. The number of aromatic hydroxyl groups is 1. The second-order valence-corrected chi connectivity index (χ2v) is 5.72. The summed E-state index contributed by atoms with van der Waals surface area (Å²) in [5, 5.41) is 9.91. The maximum absolute atomic E-state index is 11.4. The quantitative estimate of drug-likeness (QED) is 0.849. The average molecular weight is 263 g/mol. The molecule has 1 heterocycles. The second kappa shape index (κ2) is 5.31. The maximum Gasteiger partial charge on any atom is 0.159 e. The molecule has 104 valence electrons. The van der Waals surface area contributed by atoms with Gasteiger partial charge in [0.1, 0.15) is 5.75 Å². The highest BCUT2D eigenvalue weighted by Crippen LogP contribution is 2.24. The molecule has 1 aliphatic rings. The third kappa shape index (κ3) is 3.55. The molecule has 0 aliphatic carbocycles. The van der Waals surface area contributed by atoms with E-state index in [9.17, 15) is 9.90 Å². The molecule has 1 N–H and O–H groups in total. The largest absolute Gasteiger partial charge is 0.508 e. The first-order chi connectivity index (χ1) is 8.87. The van der Waals surface area contributed by atoms with Crippen LogP contribution in [0.4, 0.5) is 0 Å². The topological polar surface area (TPSA) is 49.8 Å². The van der Waals surface area contributed by atoms with E-state index in [1.54, 1.807) is 18.2 Å². The number of rotatable bonds is 3. The Balaban J connectivity index is 2.14. The van der Waals surface area contributed by atoms with Crippen molar-refractivity contribution in [1.29, 1.82) is 0 Å². The fraction of sp³-hybridized carbons (Fsp3) is 0.533. The Labute approximate surface area is 114 Å². The summed E-state index contributed by atoms with van der Waals surface area (Å²) in [5.41, 5.74) is 1.28. The summed E-state index contributed by atoms with van der Waals surface area (Å²) in [4.78, 5) is 13.6.